The Morgan fingerprint density at radius 2 is 1.81 bits per heavy atom. The van der Waals surface area contributed by atoms with E-state index in [1.54, 1.807) is 26.2 Å². The van der Waals surface area contributed by atoms with Gasteiger partial charge in [0, 0.05) is 56.7 Å². The highest BCUT2D eigenvalue weighted by Crippen LogP contribution is 2.39. The van der Waals surface area contributed by atoms with Crippen molar-refractivity contribution in [1.29, 1.82) is 5.26 Å². The number of nitrogens with one attached hydrogen (secondary N) is 1. The Morgan fingerprint density at radius 1 is 1.09 bits per heavy atom. The van der Waals surface area contributed by atoms with E-state index in [0.717, 1.165) is 54.3 Å². The standard InChI is InChI=1S/C32H34N6O5/c1-32(20-33)19-23-17-28-29(43-21-42-28)18-25(23)31(22-7-9-24(35-40)10-8-22)34-38(32)30(39)11-12-36-13-15-37(16-14-36)26-5-3-4-6-27(26)41-2/h3-10,17-18,35,40H,11-16,19,21H2,1-2H3. The molecule has 2 N–H and O–H groups in total. The lowest BCUT2D eigenvalue weighted by Gasteiger charge is -2.37. The third kappa shape index (κ3) is 5.55. The van der Waals surface area contributed by atoms with E-state index >= 15 is 0 Å². The lowest BCUT2D eigenvalue weighted by Crippen LogP contribution is -2.49. The van der Waals surface area contributed by atoms with Gasteiger partial charge in [-0.3, -0.25) is 20.4 Å². The number of nitriles is 1. The van der Waals surface area contributed by atoms with Crippen LogP contribution >= 0.6 is 0 Å². The van der Waals surface area contributed by atoms with Gasteiger partial charge in [0.15, 0.2) is 17.0 Å². The molecule has 1 saturated heterocycles. The molecule has 0 spiro atoms. The van der Waals surface area contributed by atoms with Gasteiger partial charge >= 0.3 is 0 Å². The Bertz CT molecular complexity index is 1580. The first kappa shape index (κ1) is 28.3. The molecule has 3 aliphatic heterocycles. The van der Waals surface area contributed by atoms with Crippen LogP contribution in [0, 0.1) is 11.3 Å². The summed E-state index contributed by atoms with van der Waals surface area (Å²) in [5.74, 6) is 1.81. The largest absolute Gasteiger partial charge is 0.495 e. The minimum Gasteiger partial charge on any atom is -0.495 e. The second-order valence-electron chi connectivity index (χ2n) is 11.0. The zero-order valence-electron chi connectivity index (χ0n) is 24.2. The van der Waals surface area contributed by atoms with E-state index in [2.05, 4.69) is 27.4 Å². The summed E-state index contributed by atoms with van der Waals surface area (Å²) in [5, 5.41) is 26.0. The maximum absolute atomic E-state index is 13.9. The predicted octanol–water partition coefficient (Wildman–Crippen LogP) is 3.86. The van der Waals surface area contributed by atoms with Crippen molar-refractivity contribution in [3.63, 3.8) is 0 Å². The predicted molar refractivity (Wildman–Crippen MR) is 161 cm³/mol. The topological polar surface area (TPSA) is 123 Å². The molecule has 1 atom stereocenters. The summed E-state index contributed by atoms with van der Waals surface area (Å²) >= 11 is 0. The number of piperazine rings is 1. The number of methoxy groups -OCH3 is 1. The molecule has 43 heavy (non-hydrogen) atoms. The fourth-order valence-corrected chi connectivity index (χ4v) is 5.86. The van der Waals surface area contributed by atoms with Crippen LogP contribution < -0.4 is 24.6 Å². The highest BCUT2D eigenvalue weighted by atomic mass is 16.7. The molecule has 3 aromatic carbocycles. The zero-order valence-corrected chi connectivity index (χ0v) is 24.2. The van der Waals surface area contributed by atoms with Gasteiger partial charge in [-0.25, -0.2) is 5.01 Å². The van der Waals surface area contributed by atoms with E-state index in [4.69, 9.17) is 19.3 Å². The Labute approximate surface area is 250 Å². The highest BCUT2D eigenvalue weighted by molar-refractivity contribution is 6.14. The van der Waals surface area contributed by atoms with Crippen molar-refractivity contribution >= 4 is 23.0 Å². The van der Waals surface area contributed by atoms with Gasteiger partial charge in [-0.1, -0.05) is 24.3 Å². The summed E-state index contributed by atoms with van der Waals surface area (Å²) in [7, 11) is 1.68. The van der Waals surface area contributed by atoms with Crippen molar-refractivity contribution < 1.29 is 24.2 Å². The van der Waals surface area contributed by atoms with E-state index in [1.807, 2.05) is 42.5 Å². The van der Waals surface area contributed by atoms with Crippen LogP contribution in [0.2, 0.25) is 0 Å². The van der Waals surface area contributed by atoms with E-state index in [1.165, 1.54) is 5.01 Å². The highest BCUT2D eigenvalue weighted by Gasteiger charge is 2.41. The number of amides is 1. The maximum atomic E-state index is 13.9. The number of carbonyl (C=O) groups is 1. The molecule has 3 aromatic rings. The molecule has 11 heteroatoms. The number of ether oxygens (including phenoxy) is 3. The molecule has 1 fully saturated rings. The number of rotatable bonds is 7. The smallest absolute Gasteiger partial charge is 0.245 e. The van der Waals surface area contributed by atoms with Gasteiger partial charge in [0.1, 0.15) is 5.75 Å². The van der Waals surface area contributed by atoms with Crippen LogP contribution in [-0.4, -0.2) is 78.9 Å². The summed E-state index contributed by atoms with van der Waals surface area (Å²) in [6.45, 7) is 5.67. The molecule has 1 unspecified atom stereocenters. The van der Waals surface area contributed by atoms with Crippen LogP contribution in [0.25, 0.3) is 0 Å². The van der Waals surface area contributed by atoms with Crippen LogP contribution in [0.5, 0.6) is 17.2 Å². The molecular formula is C32H34N6O5. The summed E-state index contributed by atoms with van der Waals surface area (Å²) < 4.78 is 16.8. The molecule has 0 bridgehead atoms. The van der Waals surface area contributed by atoms with Crippen LogP contribution in [0.15, 0.2) is 65.8 Å². The van der Waals surface area contributed by atoms with Crippen LogP contribution in [0.4, 0.5) is 11.4 Å². The molecule has 3 aliphatic rings. The molecular weight excluding hydrogens is 548 g/mol. The number of hydrogen-bond donors (Lipinski definition) is 2. The summed E-state index contributed by atoms with van der Waals surface area (Å²) in [5.41, 5.74) is 5.36. The van der Waals surface area contributed by atoms with Crippen LogP contribution in [0.1, 0.15) is 30.0 Å². The Morgan fingerprint density at radius 3 is 2.51 bits per heavy atom. The first-order valence-corrected chi connectivity index (χ1v) is 14.3. The number of para-hydroxylation sites is 2. The van der Waals surface area contributed by atoms with Gasteiger partial charge in [0.25, 0.3) is 0 Å². The lowest BCUT2D eigenvalue weighted by molar-refractivity contribution is -0.135. The van der Waals surface area contributed by atoms with Crippen molar-refractivity contribution in [3.05, 3.63) is 77.4 Å². The lowest BCUT2D eigenvalue weighted by atomic mass is 9.88. The molecule has 0 radical (unpaired) electrons. The molecule has 1 amide bonds. The molecule has 6 rings (SSSR count). The average molecular weight is 583 g/mol. The van der Waals surface area contributed by atoms with Gasteiger partial charge in [-0.2, -0.15) is 10.4 Å². The SMILES string of the molecule is COc1ccccc1N1CCN(CCC(=O)N2N=C(c3ccc(NO)cc3)c3cc4c(cc3CC2(C)C#N)OCO4)CC1. The monoisotopic (exact) mass is 582 g/mol. The first-order valence-electron chi connectivity index (χ1n) is 14.3. The Kier molecular flexibility index (Phi) is 7.80. The zero-order chi connectivity index (χ0) is 30.0. The summed E-state index contributed by atoms with van der Waals surface area (Å²) in [6.07, 6.45) is 0.483. The second-order valence-corrected chi connectivity index (χ2v) is 11.0. The Balaban J connectivity index is 1.24. The van der Waals surface area contributed by atoms with Gasteiger partial charge in [0.05, 0.1) is 30.3 Å². The number of anilines is 2. The molecule has 0 aliphatic carbocycles. The molecule has 3 heterocycles. The minimum absolute atomic E-state index is 0.120. The molecule has 0 aromatic heterocycles. The van der Waals surface area contributed by atoms with Gasteiger partial charge in [0.2, 0.25) is 12.7 Å². The Hall–Kier alpha value is -4.79. The molecule has 11 nitrogen and oxygen atoms in total. The van der Waals surface area contributed by atoms with Crippen LogP contribution in [0.3, 0.4) is 0 Å². The third-order valence-electron chi connectivity index (χ3n) is 8.26. The van der Waals surface area contributed by atoms with E-state index in [9.17, 15) is 15.3 Å². The maximum Gasteiger partial charge on any atom is 0.245 e. The molecule has 222 valence electrons. The average Bonchev–Trinajstić information content (AvgIpc) is 3.46. The number of nitrogens with zero attached hydrogens (tertiary/aromatic N) is 5. The van der Waals surface area contributed by atoms with Crippen molar-refractivity contribution in [2.45, 2.75) is 25.3 Å². The fourth-order valence-electron chi connectivity index (χ4n) is 5.86. The van der Waals surface area contributed by atoms with Gasteiger partial charge in [-0.15, -0.1) is 0 Å². The number of fused-ring (bicyclic) bond motifs is 2. The van der Waals surface area contributed by atoms with Crippen LogP contribution in [-0.2, 0) is 11.2 Å². The van der Waals surface area contributed by atoms with Crippen molar-refractivity contribution in [1.82, 2.24) is 9.91 Å². The van der Waals surface area contributed by atoms with E-state index in [-0.39, 0.29) is 25.5 Å². The number of benzene rings is 3. The minimum atomic E-state index is -1.23. The quantitative estimate of drug-likeness (QED) is 0.400. The van der Waals surface area contributed by atoms with Crippen molar-refractivity contribution in [2.24, 2.45) is 5.10 Å². The second kappa shape index (κ2) is 11.8. The fraction of sp³-hybridized carbons (Fsp3) is 0.344. The molecule has 0 saturated carbocycles. The third-order valence-corrected chi connectivity index (χ3v) is 8.26. The van der Waals surface area contributed by atoms with E-state index < -0.39 is 5.54 Å². The summed E-state index contributed by atoms with van der Waals surface area (Å²) in [6, 6.07) is 21.2. The van der Waals surface area contributed by atoms with Gasteiger partial charge in [-0.05, 0) is 48.9 Å². The normalized spacial score (nSPS) is 19.6. The first-order chi connectivity index (χ1) is 20.9. The summed E-state index contributed by atoms with van der Waals surface area (Å²) in [4.78, 5) is 18.5. The number of hydrogen-bond acceptors (Lipinski definition) is 10. The van der Waals surface area contributed by atoms with Crippen molar-refractivity contribution in [2.75, 3.05) is 57.0 Å². The van der Waals surface area contributed by atoms with E-state index in [0.29, 0.717) is 29.4 Å². The van der Waals surface area contributed by atoms with Crippen molar-refractivity contribution in [3.8, 4) is 23.3 Å². The van der Waals surface area contributed by atoms with Gasteiger partial charge < -0.3 is 19.1 Å². The number of hydrazone groups is 1. The number of carbonyl (C=O) groups excluding carboxylic acids is 1.